The van der Waals surface area contributed by atoms with Gasteiger partial charge >= 0.3 is 0 Å². The second-order valence-electron chi connectivity index (χ2n) is 3.52. The standard InChI is InChI=1S/C11H14O3S2/c1-16(13,14)7-3-6-15-11-5-2-4-10(8-11)9-12/h2,4-5,8-9H,3,6-7H2,1H3. The number of sulfone groups is 1. The average Bonchev–Trinajstić information content (AvgIpc) is 2.23. The van der Waals surface area contributed by atoms with Gasteiger partial charge in [0, 0.05) is 16.7 Å². The zero-order chi connectivity index (χ0) is 12.0. The summed E-state index contributed by atoms with van der Waals surface area (Å²) in [5, 5.41) is 0. The van der Waals surface area contributed by atoms with Gasteiger partial charge in [-0.3, -0.25) is 4.79 Å². The SMILES string of the molecule is CS(=O)(=O)CCCSc1cccc(C=O)c1. The van der Waals surface area contributed by atoms with Gasteiger partial charge in [0.15, 0.2) is 0 Å². The Bertz CT molecular complexity index is 452. The Hall–Kier alpha value is -0.810. The van der Waals surface area contributed by atoms with E-state index in [9.17, 15) is 13.2 Å². The Kier molecular flexibility index (Phi) is 5.02. The summed E-state index contributed by atoms with van der Waals surface area (Å²) in [5.41, 5.74) is 0.646. The minimum Gasteiger partial charge on any atom is -0.298 e. The van der Waals surface area contributed by atoms with Gasteiger partial charge in [-0.2, -0.15) is 0 Å². The van der Waals surface area contributed by atoms with Crippen LogP contribution in [0.4, 0.5) is 0 Å². The molecule has 0 aliphatic rings. The van der Waals surface area contributed by atoms with Crippen LogP contribution in [-0.4, -0.2) is 32.5 Å². The predicted octanol–water partition coefficient (Wildman–Crippen LogP) is 2.03. The summed E-state index contributed by atoms with van der Waals surface area (Å²) in [6.07, 6.45) is 2.68. The van der Waals surface area contributed by atoms with E-state index in [1.165, 1.54) is 6.26 Å². The molecule has 1 aromatic carbocycles. The lowest BCUT2D eigenvalue weighted by Gasteiger charge is -2.01. The molecule has 1 rings (SSSR count). The molecule has 16 heavy (non-hydrogen) atoms. The molecule has 88 valence electrons. The highest BCUT2D eigenvalue weighted by molar-refractivity contribution is 7.99. The van der Waals surface area contributed by atoms with Crippen molar-refractivity contribution in [2.45, 2.75) is 11.3 Å². The summed E-state index contributed by atoms with van der Waals surface area (Å²) in [6.45, 7) is 0. The highest BCUT2D eigenvalue weighted by atomic mass is 32.2. The van der Waals surface area contributed by atoms with E-state index >= 15 is 0 Å². The predicted molar refractivity (Wildman–Crippen MR) is 66.9 cm³/mol. The third-order valence-corrected chi connectivity index (χ3v) is 4.03. The van der Waals surface area contributed by atoms with Gasteiger partial charge < -0.3 is 0 Å². The highest BCUT2D eigenvalue weighted by Crippen LogP contribution is 2.19. The summed E-state index contributed by atoms with van der Waals surface area (Å²) in [6, 6.07) is 7.28. The third kappa shape index (κ3) is 5.32. The van der Waals surface area contributed by atoms with Crippen LogP contribution >= 0.6 is 11.8 Å². The van der Waals surface area contributed by atoms with Gasteiger partial charge in [-0.15, -0.1) is 11.8 Å². The van der Waals surface area contributed by atoms with Crippen molar-refractivity contribution in [1.82, 2.24) is 0 Å². The van der Waals surface area contributed by atoms with Crippen LogP contribution in [0.15, 0.2) is 29.2 Å². The number of aldehydes is 1. The summed E-state index contributed by atoms with van der Waals surface area (Å²) in [7, 11) is -2.86. The largest absolute Gasteiger partial charge is 0.298 e. The summed E-state index contributed by atoms with van der Waals surface area (Å²) >= 11 is 1.57. The maximum atomic E-state index is 10.9. The molecule has 3 nitrogen and oxygen atoms in total. The second-order valence-corrected chi connectivity index (χ2v) is 6.95. The lowest BCUT2D eigenvalue weighted by molar-refractivity contribution is 0.112. The van der Waals surface area contributed by atoms with E-state index in [1.54, 1.807) is 23.9 Å². The molecule has 0 aliphatic heterocycles. The molecule has 0 saturated heterocycles. The molecule has 0 atom stereocenters. The topological polar surface area (TPSA) is 51.2 Å². The summed E-state index contributed by atoms with van der Waals surface area (Å²) < 4.78 is 21.8. The van der Waals surface area contributed by atoms with E-state index < -0.39 is 9.84 Å². The van der Waals surface area contributed by atoms with Gasteiger partial charge in [-0.05, 0) is 24.3 Å². The first kappa shape index (κ1) is 13.3. The van der Waals surface area contributed by atoms with Crippen molar-refractivity contribution in [3.63, 3.8) is 0 Å². The van der Waals surface area contributed by atoms with Crippen LogP contribution < -0.4 is 0 Å². The minimum absolute atomic E-state index is 0.216. The maximum Gasteiger partial charge on any atom is 0.150 e. The molecule has 0 radical (unpaired) electrons. The molecule has 0 saturated carbocycles. The van der Waals surface area contributed by atoms with Crippen molar-refractivity contribution in [3.8, 4) is 0 Å². The molecule has 5 heteroatoms. The van der Waals surface area contributed by atoms with E-state index in [-0.39, 0.29) is 5.75 Å². The lowest BCUT2D eigenvalue weighted by atomic mass is 10.2. The van der Waals surface area contributed by atoms with Crippen LogP contribution in [0.3, 0.4) is 0 Å². The molecule has 0 bridgehead atoms. The fourth-order valence-corrected chi connectivity index (χ4v) is 2.96. The van der Waals surface area contributed by atoms with Gasteiger partial charge in [-0.25, -0.2) is 8.42 Å². The van der Waals surface area contributed by atoms with Gasteiger partial charge in [0.25, 0.3) is 0 Å². The van der Waals surface area contributed by atoms with Crippen LogP contribution in [0.1, 0.15) is 16.8 Å². The normalized spacial score (nSPS) is 11.3. The van der Waals surface area contributed by atoms with Crippen molar-refractivity contribution in [3.05, 3.63) is 29.8 Å². The van der Waals surface area contributed by atoms with Crippen molar-refractivity contribution < 1.29 is 13.2 Å². The fraction of sp³-hybridized carbons (Fsp3) is 0.364. The Morgan fingerprint density at radius 3 is 2.75 bits per heavy atom. The Balaban J connectivity index is 2.40. The molecular formula is C11H14O3S2. The number of benzene rings is 1. The lowest BCUT2D eigenvalue weighted by Crippen LogP contribution is -2.03. The number of hydrogen-bond acceptors (Lipinski definition) is 4. The molecule has 0 heterocycles. The quantitative estimate of drug-likeness (QED) is 0.445. The van der Waals surface area contributed by atoms with Crippen LogP contribution in [-0.2, 0) is 9.84 Å². The molecular weight excluding hydrogens is 244 g/mol. The summed E-state index contributed by atoms with van der Waals surface area (Å²) in [4.78, 5) is 11.5. The van der Waals surface area contributed by atoms with Crippen LogP contribution in [0, 0.1) is 0 Å². The first-order chi connectivity index (χ1) is 7.51. The molecule has 0 spiro atoms. The van der Waals surface area contributed by atoms with Crippen LogP contribution in [0.25, 0.3) is 0 Å². The van der Waals surface area contributed by atoms with E-state index in [1.807, 2.05) is 12.1 Å². The average molecular weight is 258 g/mol. The minimum atomic E-state index is -2.86. The number of rotatable bonds is 6. The van der Waals surface area contributed by atoms with Gasteiger partial charge in [-0.1, -0.05) is 12.1 Å². The molecule has 0 N–H and O–H groups in total. The van der Waals surface area contributed by atoms with Gasteiger partial charge in [0.05, 0.1) is 5.75 Å². The number of thioether (sulfide) groups is 1. The molecule has 0 aliphatic carbocycles. The maximum absolute atomic E-state index is 10.9. The molecule has 0 amide bonds. The molecule has 0 fully saturated rings. The van der Waals surface area contributed by atoms with Crippen LogP contribution in [0.2, 0.25) is 0 Å². The van der Waals surface area contributed by atoms with Gasteiger partial charge in [0.2, 0.25) is 0 Å². The van der Waals surface area contributed by atoms with Crippen molar-refractivity contribution in [2.24, 2.45) is 0 Å². The van der Waals surface area contributed by atoms with Crippen molar-refractivity contribution in [2.75, 3.05) is 17.8 Å². The van der Waals surface area contributed by atoms with Crippen LogP contribution in [0.5, 0.6) is 0 Å². The highest BCUT2D eigenvalue weighted by Gasteiger charge is 2.02. The molecule has 0 aromatic heterocycles. The number of carbonyl (C=O) groups excluding carboxylic acids is 1. The van der Waals surface area contributed by atoms with E-state index in [4.69, 9.17) is 0 Å². The zero-order valence-corrected chi connectivity index (χ0v) is 10.7. The number of hydrogen-bond donors (Lipinski definition) is 0. The third-order valence-electron chi connectivity index (χ3n) is 1.92. The van der Waals surface area contributed by atoms with E-state index in [2.05, 4.69) is 0 Å². The number of carbonyl (C=O) groups is 1. The Morgan fingerprint density at radius 2 is 2.12 bits per heavy atom. The monoisotopic (exact) mass is 258 g/mol. The fourth-order valence-electron chi connectivity index (χ4n) is 1.19. The van der Waals surface area contributed by atoms with E-state index in [0.717, 1.165) is 16.9 Å². The Morgan fingerprint density at radius 1 is 1.38 bits per heavy atom. The summed E-state index contributed by atoms with van der Waals surface area (Å²) in [5.74, 6) is 0.961. The first-order valence-electron chi connectivity index (χ1n) is 4.87. The Labute approximate surface area is 100 Å². The van der Waals surface area contributed by atoms with E-state index in [0.29, 0.717) is 12.0 Å². The molecule has 0 unspecified atom stereocenters. The second kappa shape index (κ2) is 6.06. The zero-order valence-electron chi connectivity index (χ0n) is 9.05. The van der Waals surface area contributed by atoms with Crippen molar-refractivity contribution >= 4 is 27.9 Å². The smallest absolute Gasteiger partial charge is 0.150 e. The van der Waals surface area contributed by atoms with Crippen molar-refractivity contribution in [1.29, 1.82) is 0 Å². The van der Waals surface area contributed by atoms with Gasteiger partial charge in [0.1, 0.15) is 16.1 Å². The first-order valence-corrected chi connectivity index (χ1v) is 7.91. The molecule has 1 aromatic rings.